The van der Waals surface area contributed by atoms with Gasteiger partial charge < -0.3 is 5.73 Å². The van der Waals surface area contributed by atoms with Gasteiger partial charge in [-0.25, -0.2) is 0 Å². The highest BCUT2D eigenvalue weighted by Gasteiger charge is 2.02. The third-order valence-corrected chi connectivity index (χ3v) is 2.31. The average molecular weight is 273 g/mol. The van der Waals surface area contributed by atoms with Gasteiger partial charge in [-0.05, 0) is 23.3 Å². The van der Waals surface area contributed by atoms with Gasteiger partial charge in [0.25, 0.3) is 0 Å². The van der Waals surface area contributed by atoms with Crippen LogP contribution in [-0.4, -0.2) is 8.42 Å². The molecule has 0 heterocycles. The van der Waals surface area contributed by atoms with Crippen molar-refractivity contribution in [1.82, 2.24) is 0 Å². The summed E-state index contributed by atoms with van der Waals surface area (Å²) in [6.45, 7) is 2.02. The molecule has 0 amide bonds. The van der Waals surface area contributed by atoms with Gasteiger partial charge in [0, 0.05) is 6.04 Å². The van der Waals surface area contributed by atoms with E-state index in [0.29, 0.717) is 0 Å². The van der Waals surface area contributed by atoms with Crippen LogP contribution in [0.2, 0.25) is 0 Å². The van der Waals surface area contributed by atoms with Crippen molar-refractivity contribution >= 4 is 21.4 Å². The van der Waals surface area contributed by atoms with Gasteiger partial charge in [-0.3, -0.25) is 0 Å². The molecule has 0 bridgehead atoms. The van der Waals surface area contributed by atoms with Crippen molar-refractivity contribution in [3.05, 3.63) is 48.0 Å². The van der Waals surface area contributed by atoms with Gasteiger partial charge in [0.15, 0.2) is 0 Å². The number of hydrogen-bond donors (Lipinski definition) is 1. The van der Waals surface area contributed by atoms with E-state index in [9.17, 15) is 7.77 Å². The van der Waals surface area contributed by atoms with E-state index in [-0.39, 0.29) is 6.04 Å². The fourth-order valence-corrected chi connectivity index (χ4v) is 1.65. The summed E-state index contributed by atoms with van der Waals surface area (Å²) >= 11 is 0. The van der Waals surface area contributed by atoms with Gasteiger partial charge in [-0.15, -0.1) is 0 Å². The molecule has 2 aromatic carbocycles. The Balaban J connectivity index is 0.000000280. The van der Waals surface area contributed by atoms with Crippen molar-refractivity contribution in [1.29, 1.82) is 0 Å². The highest BCUT2D eigenvalue weighted by molar-refractivity contribution is 7.81. The molecule has 2 aromatic rings. The van der Waals surface area contributed by atoms with Gasteiger partial charge in [-0.2, -0.15) is 8.42 Å². The lowest BCUT2D eigenvalue weighted by Crippen LogP contribution is -2.05. The lowest BCUT2D eigenvalue weighted by molar-refractivity contribution is 0.501. The Hall–Kier alpha value is -1.53. The molecule has 2 N–H and O–H groups in total. The number of halogens is 2. The van der Waals surface area contributed by atoms with Crippen LogP contribution in [0.1, 0.15) is 18.5 Å². The van der Waals surface area contributed by atoms with E-state index in [1.165, 1.54) is 16.3 Å². The third kappa shape index (κ3) is 4.77. The summed E-state index contributed by atoms with van der Waals surface area (Å²) in [4.78, 5) is 0. The first-order chi connectivity index (χ1) is 8.29. The number of rotatable bonds is 1. The standard InChI is InChI=1S/C12H13N.F2O2S/c1-9(13)11-8-4-6-10-5-2-3-7-12(10)11;1-5(2,3)4/h2-9H,13H2,1H3;/t9-;/m0./s1. The lowest BCUT2D eigenvalue weighted by atomic mass is 10.0. The molecule has 0 saturated heterocycles. The average Bonchev–Trinajstić information content (AvgIpc) is 2.26. The second kappa shape index (κ2) is 5.88. The van der Waals surface area contributed by atoms with E-state index in [0.717, 1.165) is 0 Å². The van der Waals surface area contributed by atoms with Gasteiger partial charge in [0.1, 0.15) is 0 Å². The third-order valence-electron chi connectivity index (χ3n) is 2.31. The van der Waals surface area contributed by atoms with E-state index < -0.39 is 10.6 Å². The first-order valence-corrected chi connectivity index (χ1v) is 6.45. The maximum absolute atomic E-state index is 9.99. The zero-order valence-electron chi connectivity index (χ0n) is 9.68. The van der Waals surface area contributed by atoms with Crippen LogP contribution in [0.4, 0.5) is 7.77 Å². The van der Waals surface area contributed by atoms with E-state index in [1.807, 2.05) is 19.1 Å². The Morgan fingerprint density at radius 3 is 2.11 bits per heavy atom. The van der Waals surface area contributed by atoms with Gasteiger partial charge in [0.05, 0.1) is 0 Å². The van der Waals surface area contributed by atoms with Crippen LogP contribution < -0.4 is 5.73 Å². The van der Waals surface area contributed by atoms with E-state index >= 15 is 0 Å². The molecule has 18 heavy (non-hydrogen) atoms. The molecule has 3 nitrogen and oxygen atoms in total. The quantitative estimate of drug-likeness (QED) is 0.812. The van der Waals surface area contributed by atoms with Crippen LogP contribution in [0.5, 0.6) is 0 Å². The predicted octanol–water partition coefficient (Wildman–Crippen LogP) is 3.03. The maximum Gasteiger partial charge on any atom is 0.476 e. The Kier molecular flexibility index (Phi) is 4.75. The number of nitrogens with two attached hydrogens (primary N) is 1. The van der Waals surface area contributed by atoms with Crippen molar-refractivity contribution in [3.63, 3.8) is 0 Å². The topological polar surface area (TPSA) is 60.2 Å². The zero-order chi connectivity index (χ0) is 13.8. The summed E-state index contributed by atoms with van der Waals surface area (Å²) in [7, 11) is -5.67. The number of benzene rings is 2. The van der Waals surface area contributed by atoms with Crippen molar-refractivity contribution in [2.75, 3.05) is 0 Å². The molecular weight excluding hydrogens is 260 g/mol. The molecular formula is C12H13F2NO2S. The van der Waals surface area contributed by atoms with Crippen LogP contribution in [0.3, 0.4) is 0 Å². The molecule has 6 heteroatoms. The Bertz CT molecular complexity index is 614. The molecule has 1 atom stereocenters. The molecule has 0 aliphatic carbocycles. The summed E-state index contributed by atoms with van der Waals surface area (Å²) in [5, 5.41) is 2.53. The Morgan fingerprint density at radius 1 is 1.06 bits per heavy atom. The monoisotopic (exact) mass is 273 g/mol. The first kappa shape index (κ1) is 14.5. The molecule has 2 rings (SSSR count). The van der Waals surface area contributed by atoms with E-state index in [1.54, 1.807) is 0 Å². The summed E-state index contributed by atoms with van der Waals surface area (Å²) in [5.74, 6) is 0. The fraction of sp³-hybridized carbons (Fsp3) is 0.167. The normalized spacial score (nSPS) is 12.7. The minimum atomic E-state index is -5.67. The van der Waals surface area contributed by atoms with Gasteiger partial charge >= 0.3 is 10.6 Å². The lowest BCUT2D eigenvalue weighted by Gasteiger charge is -2.09. The van der Waals surface area contributed by atoms with Crippen molar-refractivity contribution in [3.8, 4) is 0 Å². The Morgan fingerprint density at radius 2 is 1.56 bits per heavy atom. The van der Waals surface area contributed by atoms with Gasteiger partial charge in [-0.1, -0.05) is 50.2 Å². The summed E-state index contributed by atoms with van der Waals surface area (Å²) < 4.78 is 36.6. The fourth-order valence-electron chi connectivity index (χ4n) is 1.65. The van der Waals surface area contributed by atoms with E-state index in [2.05, 4.69) is 30.3 Å². The minimum absolute atomic E-state index is 0.103. The molecule has 0 fully saturated rings. The van der Waals surface area contributed by atoms with Crippen molar-refractivity contribution < 1.29 is 16.2 Å². The molecule has 98 valence electrons. The first-order valence-electron chi connectivity index (χ1n) is 5.16. The van der Waals surface area contributed by atoms with Crippen LogP contribution >= 0.6 is 0 Å². The second-order valence-electron chi connectivity index (χ2n) is 3.74. The zero-order valence-corrected chi connectivity index (χ0v) is 10.5. The van der Waals surface area contributed by atoms with Crippen molar-refractivity contribution in [2.45, 2.75) is 13.0 Å². The highest BCUT2D eigenvalue weighted by Crippen LogP contribution is 2.22. The minimum Gasteiger partial charge on any atom is -0.324 e. The molecule has 0 aliphatic heterocycles. The summed E-state index contributed by atoms with van der Waals surface area (Å²) in [5.41, 5.74) is 7.10. The second-order valence-corrected chi connectivity index (χ2v) is 4.49. The smallest absolute Gasteiger partial charge is 0.324 e. The molecule has 0 unspecified atom stereocenters. The van der Waals surface area contributed by atoms with Gasteiger partial charge in [0.2, 0.25) is 0 Å². The van der Waals surface area contributed by atoms with Crippen LogP contribution in [0.15, 0.2) is 42.5 Å². The van der Waals surface area contributed by atoms with E-state index in [4.69, 9.17) is 14.2 Å². The van der Waals surface area contributed by atoms with Crippen LogP contribution in [0, 0.1) is 0 Å². The maximum atomic E-state index is 9.99. The summed E-state index contributed by atoms with van der Waals surface area (Å²) in [6.07, 6.45) is 0. The predicted molar refractivity (Wildman–Crippen MR) is 67.7 cm³/mol. The molecule has 0 aliphatic rings. The SMILES string of the molecule is C[C@H](N)c1cccc2ccccc12.O=S(=O)(F)F. The van der Waals surface area contributed by atoms with Crippen molar-refractivity contribution in [2.24, 2.45) is 5.73 Å². The Labute approximate surface area is 105 Å². The molecule has 0 aromatic heterocycles. The largest absolute Gasteiger partial charge is 0.476 e. The van der Waals surface area contributed by atoms with Crippen LogP contribution in [-0.2, 0) is 10.6 Å². The highest BCUT2D eigenvalue weighted by atomic mass is 32.3. The summed E-state index contributed by atoms with van der Waals surface area (Å²) in [6, 6.07) is 14.7. The number of fused-ring (bicyclic) bond motifs is 1. The number of hydrogen-bond acceptors (Lipinski definition) is 3. The molecule has 0 spiro atoms. The molecule has 0 saturated carbocycles. The molecule has 0 radical (unpaired) electrons. The van der Waals surface area contributed by atoms with Crippen LogP contribution in [0.25, 0.3) is 10.8 Å².